The van der Waals surface area contributed by atoms with Gasteiger partial charge in [0.2, 0.25) is 5.91 Å². The summed E-state index contributed by atoms with van der Waals surface area (Å²) in [4.78, 5) is 28.3. The summed E-state index contributed by atoms with van der Waals surface area (Å²) >= 11 is 2.92. The zero-order chi connectivity index (χ0) is 21.8. The molecule has 1 fully saturated rings. The van der Waals surface area contributed by atoms with Crippen LogP contribution in [0.4, 0.5) is 9.80 Å². The molecule has 2 N–H and O–H groups in total. The number of anilines is 1. The Hall–Kier alpha value is -2.67. The standard InChI is InChI=1S/C22H23N3O4S2/c23-12-18-17-7-5-15(29-22(28)25-9-1-3-14(26)13-25)11-19(17)31-21(18)24-20(27)8-6-16-4-2-10-30-16/h2,4,6,8,10,14-15,26H,1,3,5,7,9,11,13H2,(H,24,27). The number of likely N-dealkylation sites (tertiary alicyclic amines) is 1. The van der Waals surface area contributed by atoms with Crippen LogP contribution >= 0.6 is 22.7 Å². The Morgan fingerprint density at radius 1 is 1.39 bits per heavy atom. The minimum atomic E-state index is -0.491. The number of aliphatic hydroxyl groups excluding tert-OH is 1. The summed E-state index contributed by atoms with van der Waals surface area (Å²) < 4.78 is 5.68. The van der Waals surface area contributed by atoms with Crippen molar-refractivity contribution in [2.75, 3.05) is 18.4 Å². The van der Waals surface area contributed by atoms with E-state index >= 15 is 0 Å². The fraction of sp³-hybridized carbons (Fsp3) is 0.409. The second-order valence-electron chi connectivity index (χ2n) is 7.65. The summed E-state index contributed by atoms with van der Waals surface area (Å²) in [7, 11) is 0. The molecule has 0 saturated carbocycles. The van der Waals surface area contributed by atoms with Crippen molar-refractivity contribution >= 4 is 45.8 Å². The molecule has 0 bridgehead atoms. The molecule has 3 heterocycles. The Kier molecular flexibility index (Phi) is 6.70. The molecule has 9 heteroatoms. The van der Waals surface area contributed by atoms with Gasteiger partial charge in [0.05, 0.1) is 11.7 Å². The molecule has 1 aliphatic carbocycles. The van der Waals surface area contributed by atoms with Gasteiger partial charge in [-0.1, -0.05) is 6.07 Å². The number of carbonyl (C=O) groups excluding carboxylic acids is 2. The highest BCUT2D eigenvalue weighted by molar-refractivity contribution is 7.16. The number of piperidine rings is 1. The first-order chi connectivity index (χ1) is 15.0. The first-order valence-electron chi connectivity index (χ1n) is 10.2. The smallest absolute Gasteiger partial charge is 0.410 e. The Bertz CT molecular complexity index is 1020. The van der Waals surface area contributed by atoms with Gasteiger partial charge >= 0.3 is 6.09 Å². The van der Waals surface area contributed by atoms with E-state index in [9.17, 15) is 20.0 Å². The van der Waals surface area contributed by atoms with Gasteiger partial charge in [-0.2, -0.15) is 5.26 Å². The summed E-state index contributed by atoms with van der Waals surface area (Å²) in [5.74, 6) is -0.282. The molecule has 2 atom stereocenters. The van der Waals surface area contributed by atoms with E-state index in [0.717, 1.165) is 21.7 Å². The van der Waals surface area contributed by atoms with E-state index in [-0.39, 0.29) is 12.0 Å². The summed E-state index contributed by atoms with van der Waals surface area (Å²) in [6.45, 7) is 0.907. The zero-order valence-corrected chi connectivity index (χ0v) is 18.5. The number of nitrogens with zero attached hydrogens (tertiary/aromatic N) is 2. The van der Waals surface area contributed by atoms with E-state index < -0.39 is 12.2 Å². The minimum Gasteiger partial charge on any atom is -0.446 e. The lowest BCUT2D eigenvalue weighted by Crippen LogP contribution is -2.44. The second kappa shape index (κ2) is 9.64. The van der Waals surface area contributed by atoms with Crippen molar-refractivity contribution in [2.45, 2.75) is 44.3 Å². The monoisotopic (exact) mass is 457 g/mol. The predicted molar refractivity (Wildman–Crippen MR) is 120 cm³/mol. The molecule has 1 aliphatic heterocycles. The van der Waals surface area contributed by atoms with E-state index in [2.05, 4.69) is 11.4 Å². The van der Waals surface area contributed by atoms with E-state index in [1.807, 2.05) is 17.5 Å². The van der Waals surface area contributed by atoms with Gasteiger partial charge in [0.25, 0.3) is 0 Å². The van der Waals surface area contributed by atoms with Crippen LogP contribution in [-0.2, 0) is 22.4 Å². The predicted octanol–water partition coefficient (Wildman–Crippen LogP) is 3.78. The SMILES string of the molecule is N#Cc1c(NC(=O)C=Cc2cccs2)sc2c1CCC(OC(=O)N1CCCC(O)C1)C2. The van der Waals surface area contributed by atoms with Gasteiger partial charge in [-0.25, -0.2) is 4.79 Å². The summed E-state index contributed by atoms with van der Waals surface area (Å²) in [5, 5.41) is 24.7. The maximum absolute atomic E-state index is 12.4. The van der Waals surface area contributed by atoms with Crippen LogP contribution in [0.5, 0.6) is 0 Å². The zero-order valence-electron chi connectivity index (χ0n) is 16.9. The molecule has 0 aromatic carbocycles. The lowest BCUT2D eigenvalue weighted by molar-refractivity contribution is -0.111. The van der Waals surface area contributed by atoms with Gasteiger partial charge in [0.1, 0.15) is 17.2 Å². The van der Waals surface area contributed by atoms with Crippen molar-refractivity contribution in [3.8, 4) is 6.07 Å². The van der Waals surface area contributed by atoms with Crippen LogP contribution in [0, 0.1) is 11.3 Å². The van der Waals surface area contributed by atoms with E-state index in [0.29, 0.717) is 49.3 Å². The van der Waals surface area contributed by atoms with Crippen LogP contribution in [0.15, 0.2) is 23.6 Å². The maximum Gasteiger partial charge on any atom is 0.410 e. The highest BCUT2D eigenvalue weighted by atomic mass is 32.1. The number of aliphatic hydroxyl groups is 1. The van der Waals surface area contributed by atoms with Crippen molar-refractivity contribution in [1.82, 2.24) is 4.90 Å². The molecule has 7 nitrogen and oxygen atoms in total. The maximum atomic E-state index is 12.4. The molecule has 4 rings (SSSR count). The molecule has 1 saturated heterocycles. The Morgan fingerprint density at radius 2 is 2.26 bits per heavy atom. The van der Waals surface area contributed by atoms with Crippen molar-refractivity contribution in [3.63, 3.8) is 0 Å². The molecule has 31 heavy (non-hydrogen) atoms. The number of nitrogens with one attached hydrogen (secondary N) is 1. The number of nitriles is 1. The second-order valence-corrected chi connectivity index (χ2v) is 9.73. The fourth-order valence-corrected chi connectivity index (χ4v) is 5.78. The average molecular weight is 458 g/mol. The van der Waals surface area contributed by atoms with Crippen LogP contribution < -0.4 is 5.32 Å². The fourth-order valence-electron chi connectivity index (χ4n) is 3.90. The molecule has 2 aromatic rings. The van der Waals surface area contributed by atoms with Gasteiger partial charge < -0.3 is 20.1 Å². The molecule has 2 unspecified atom stereocenters. The number of β-amino-alcohol motifs (C(OH)–C–C–N with tert-alkyl or cyclic N) is 1. The first-order valence-corrected chi connectivity index (χ1v) is 11.9. The highest BCUT2D eigenvalue weighted by Crippen LogP contribution is 2.38. The van der Waals surface area contributed by atoms with Crippen molar-refractivity contribution in [3.05, 3.63) is 44.5 Å². The third kappa shape index (κ3) is 5.15. The lowest BCUT2D eigenvalue weighted by atomic mass is 9.94. The number of fused-ring (bicyclic) bond motifs is 1. The number of hydrogen-bond donors (Lipinski definition) is 2. The molecule has 2 amide bonds. The first kappa shape index (κ1) is 21.6. The number of rotatable bonds is 4. The number of amides is 2. The topological polar surface area (TPSA) is 103 Å². The van der Waals surface area contributed by atoms with Crippen LogP contribution in [0.3, 0.4) is 0 Å². The molecule has 2 aromatic heterocycles. The Balaban J connectivity index is 1.40. The van der Waals surface area contributed by atoms with Gasteiger partial charge in [-0.05, 0) is 48.8 Å². The molecule has 2 aliphatic rings. The van der Waals surface area contributed by atoms with E-state index in [1.165, 1.54) is 17.4 Å². The van der Waals surface area contributed by atoms with Crippen molar-refractivity contribution in [1.29, 1.82) is 5.26 Å². The molecule has 0 radical (unpaired) electrons. The van der Waals surface area contributed by atoms with Crippen molar-refractivity contribution in [2.24, 2.45) is 0 Å². The number of carbonyl (C=O) groups is 2. The molecule has 0 spiro atoms. The van der Waals surface area contributed by atoms with Crippen LogP contribution in [0.1, 0.15) is 40.1 Å². The van der Waals surface area contributed by atoms with Crippen LogP contribution in [-0.4, -0.2) is 47.3 Å². The van der Waals surface area contributed by atoms with Crippen LogP contribution in [0.25, 0.3) is 6.08 Å². The van der Waals surface area contributed by atoms with Crippen molar-refractivity contribution < 1.29 is 19.4 Å². The highest BCUT2D eigenvalue weighted by Gasteiger charge is 2.30. The van der Waals surface area contributed by atoms with Gasteiger partial charge in [-0.3, -0.25) is 4.79 Å². The minimum absolute atomic E-state index is 0.272. The third-order valence-electron chi connectivity index (χ3n) is 5.43. The molecule has 162 valence electrons. The van der Waals surface area contributed by atoms with Crippen LogP contribution in [0.2, 0.25) is 0 Å². The summed E-state index contributed by atoms with van der Waals surface area (Å²) in [6, 6.07) is 6.06. The molecular formula is C22H23N3O4S2. The largest absolute Gasteiger partial charge is 0.446 e. The van der Waals surface area contributed by atoms with E-state index in [4.69, 9.17) is 4.74 Å². The van der Waals surface area contributed by atoms with Gasteiger partial charge in [0, 0.05) is 35.3 Å². The normalized spacial score (nSPS) is 20.8. The third-order valence-corrected chi connectivity index (χ3v) is 7.44. The van der Waals surface area contributed by atoms with Gasteiger partial charge in [-0.15, -0.1) is 22.7 Å². The number of thiophene rings is 2. The molecular weight excluding hydrogens is 434 g/mol. The average Bonchev–Trinajstić information content (AvgIpc) is 3.39. The Labute approximate surface area is 188 Å². The quantitative estimate of drug-likeness (QED) is 0.680. The summed E-state index contributed by atoms with van der Waals surface area (Å²) in [5.41, 5.74) is 1.44. The lowest BCUT2D eigenvalue weighted by Gasteiger charge is -2.31. The van der Waals surface area contributed by atoms with Gasteiger partial charge in [0.15, 0.2) is 0 Å². The Morgan fingerprint density at radius 3 is 3.00 bits per heavy atom. The summed E-state index contributed by atoms with van der Waals surface area (Å²) in [6.07, 6.45) is 5.30. The number of ether oxygens (including phenoxy) is 1. The number of hydrogen-bond acceptors (Lipinski definition) is 7. The van der Waals surface area contributed by atoms with E-state index in [1.54, 1.807) is 22.3 Å².